The molecule has 2 aromatic rings. The van der Waals surface area contributed by atoms with Crippen molar-refractivity contribution in [2.24, 2.45) is 11.8 Å². The number of nitrogens with zero attached hydrogens (tertiary/aromatic N) is 3. The van der Waals surface area contributed by atoms with E-state index in [1.807, 2.05) is 25.7 Å². The number of Topliss-reactive ketones (excluding diaryl/α,β-unsaturated/α-hetero) is 1. The lowest BCUT2D eigenvalue weighted by molar-refractivity contribution is -0.139. The highest BCUT2D eigenvalue weighted by Crippen LogP contribution is 2.30. The Morgan fingerprint density at radius 2 is 1.54 bits per heavy atom. The number of hydrogen-bond donors (Lipinski definition) is 4. The van der Waals surface area contributed by atoms with Gasteiger partial charge in [-0.05, 0) is 81.3 Å². The summed E-state index contributed by atoms with van der Waals surface area (Å²) >= 11 is 0. The van der Waals surface area contributed by atoms with Crippen LogP contribution in [0.5, 0.6) is 0 Å². The van der Waals surface area contributed by atoms with Gasteiger partial charge in [0.15, 0.2) is 0 Å². The number of aromatic nitrogens is 2. The van der Waals surface area contributed by atoms with Crippen molar-refractivity contribution >= 4 is 35.8 Å². The molecule has 59 heavy (non-hydrogen) atoms. The average Bonchev–Trinajstić information content (AvgIpc) is 3.92. The number of nitrogens with one attached hydrogen (secondary N) is 4. The Morgan fingerprint density at radius 3 is 2.07 bits per heavy atom. The molecule has 4 N–H and O–H groups in total. The highest BCUT2D eigenvalue weighted by molar-refractivity contribution is 6.38. The number of carbonyl (C=O) groups excluding carboxylic acids is 6. The van der Waals surface area contributed by atoms with Gasteiger partial charge in [0.05, 0.1) is 18.8 Å². The Labute approximate surface area is 352 Å². The van der Waals surface area contributed by atoms with Crippen molar-refractivity contribution in [3.05, 3.63) is 72.3 Å². The summed E-state index contributed by atoms with van der Waals surface area (Å²) in [4.78, 5) is 81.2. The summed E-state index contributed by atoms with van der Waals surface area (Å²) in [7, 11) is 0. The van der Waals surface area contributed by atoms with Crippen LogP contribution in [0, 0.1) is 11.8 Å². The number of fused-ring (bicyclic) bond motifs is 1. The van der Waals surface area contributed by atoms with Gasteiger partial charge in [-0.25, -0.2) is 4.98 Å². The van der Waals surface area contributed by atoms with Crippen LogP contribution >= 0.6 is 0 Å². The van der Waals surface area contributed by atoms with Gasteiger partial charge in [-0.1, -0.05) is 103 Å². The third kappa shape index (κ3) is 17.8. The fourth-order valence-electron chi connectivity index (χ4n) is 7.49. The van der Waals surface area contributed by atoms with Crippen molar-refractivity contribution in [2.75, 3.05) is 19.6 Å². The molecule has 0 spiro atoms. The van der Waals surface area contributed by atoms with Gasteiger partial charge in [-0.2, -0.15) is 0 Å². The number of likely N-dealkylation sites (tertiary alicyclic amines) is 1. The molecule has 0 radical (unpaired) electrons. The molecule has 1 aliphatic heterocycles. The number of carbonyl (C=O) groups is 6. The van der Waals surface area contributed by atoms with Crippen LogP contribution in [0.1, 0.15) is 140 Å². The van der Waals surface area contributed by atoms with E-state index in [-0.39, 0.29) is 42.6 Å². The van der Waals surface area contributed by atoms with Crippen molar-refractivity contribution in [1.82, 2.24) is 36.1 Å². The zero-order valence-electron chi connectivity index (χ0n) is 36.3. The summed E-state index contributed by atoms with van der Waals surface area (Å²) in [5.74, 6) is -1.52. The summed E-state index contributed by atoms with van der Waals surface area (Å²) < 4.78 is 0. The van der Waals surface area contributed by atoms with Gasteiger partial charge in [-0.15, -0.1) is 6.58 Å². The predicted octanol–water partition coefficient (Wildman–Crippen LogP) is 6.06. The van der Waals surface area contributed by atoms with Crippen molar-refractivity contribution in [3.8, 4) is 0 Å². The van der Waals surface area contributed by atoms with Crippen LogP contribution in [0.3, 0.4) is 0 Å². The zero-order chi connectivity index (χ0) is 43.4. The van der Waals surface area contributed by atoms with E-state index in [1.165, 1.54) is 50.3 Å². The summed E-state index contributed by atoms with van der Waals surface area (Å²) in [6, 6.07) is 7.59. The minimum absolute atomic E-state index is 0.0343. The molecule has 4 aliphatic rings. The van der Waals surface area contributed by atoms with Gasteiger partial charge in [0, 0.05) is 31.5 Å². The second-order valence-corrected chi connectivity index (χ2v) is 15.3. The molecule has 3 aliphatic carbocycles. The van der Waals surface area contributed by atoms with Crippen LogP contribution in [-0.4, -0.2) is 88.4 Å². The maximum Gasteiger partial charge on any atom is 0.289 e. The van der Waals surface area contributed by atoms with Gasteiger partial charge in [-0.3, -0.25) is 33.8 Å². The van der Waals surface area contributed by atoms with E-state index in [4.69, 9.17) is 0 Å². The molecule has 2 saturated carbocycles. The number of benzene rings is 1. The monoisotopic (exact) mass is 818 g/mol. The molecule has 3 fully saturated rings. The van der Waals surface area contributed by atoms with Crippen LogP contribution in [0.2, 0.25) is 0 Å². The summed E-state index contributed by atoms with van der Waals surface area (Å²) in [6.07, 6.45) is 22.4. The summed E-state index contributed by atoms with van der Waals surface area (Å²) in [5, 5.41) is 10.4. The lowest BCUT2D eigenvalue weighted by Crippen LogP contribution is -2.53. The number of rotatable bonds is 14. The molecule has 1 saturated heterocycles. The third-order valence-corrected chi connectivity index (χ3v) is 10.8. The van der Waals surface area contributed by atoms with Crippen molar-refractivity contribution in [2.45, 2.75) is 149 Å². The number of hydrogen-bond acceptors (Lipinski definition) is 8. The minimum atomic E-state index is -0.692. The lowest BCUT2D eigenvalue weighted by Gasteiger charge is -2.30. The number of amides is 5. The molecule has 326 valence electrons. The molecule has 5 amide bonds. The van der Waals surface area contributed by atoms with Crippen LogP contribution < -0.4 is 21.3 Å². The SMILES string of the molecule is C=CCNC(=O)C(=O)C(CC1CCC1)NC=O.CC.CC1CCCN1C(=O)CNC(=O)C(NC(=O)c1cnccn1)C1CCCCC1.CCC.c1ccc2c(c1)CCC2. The maximum atomic E-state index is 12.9. The number of aryl methyl sites for hydroxylation is 2. The average molecular weight is 818 g/mol. The lowest BCUT2D eigenvalue weighted by atomic mass is 9.80. The molecule has 3 unspecified atom stereocenters. The third-order valence-electron chi connectivity index (χ3n) is 10.8. The molecule has 3 atom stereocenters. The Balaban J connectivity index is 0.000000325. The Bertz CT molecular complexity index is 1560. The molecular formula is C46H71N7O6. The predicted molar refractivity (Wildman–Crippen MR) is 232 cm³/mol. The molecule has 13 nitrogen and oxygen atoms in total. The first-order valence-corrected chi connectivity index (χ1v) is 22.0. The molecular weight excluding hydrogens is 747 g/mol. The van der Waals surface area contributed by atoms with Crippen LogP contribution in [0.25, 0.3) is 0 Å². The highest BCUT2D eigenvalue weighted by atomic mass is 16.2. The smallest absolute Gasteiger partial charge is 0.289 e. The van der Waals surface area contributed by atoms with E-state index in [2.05, 4.69) is 75.9 Å². The van der Waals surface area contributed by atoms with E-state index in [1.54, 1.807) is 11.1 Å². The van der Waals surface area contributed by atoms with Crippen LogP contribution in [0.4, 0.5) is 0 Å². The molecule has 1 aromatic heterocycles. The van der Waals surface area contributed by atoms with Crippen LogP contribution in [-0.2, 0) is 36.8 Å². The largest absolute Gasteiger partial charge is 0.348 e. The molecule has 13 heteroatoms. The maximum absolute atomic E-state index is 12.9. The summed E-state index contributed by atoms with van der Waals surface area (Å²) in [5.41, 5.74) is 3.31. The first kappa shape index (κ1) is 50.2. The van der Waals surface area contributed by atoms with Gasteiger partial charge in [0.2, 0.25) is 24.0 Å². The van der Waals surface area contributed by atoms with Crippen molar-refractivity contribution in [3.63, 3.8) is 0 Å². The van der Waals surface area contributed by atoms with Crippen molar-refractivity contribution in [1.29, 1.82) is 0 Å². The normalized spacial score (nSPS) is 17.6. The second-order valence-electron chi connectivity index (χ2n) is 15.3. The van der Waals surface area contributed by atoms with Gasteiger partial charge in [0.1, 0.15) is 11.7 Å². The number of ketones is 1. The van der Waals surface area contributed by atoms with Gasteiger partial charge >= 0.3 is 0 Å². The molecule has 1 aromatic carbocycles. The standard InChI is InChI=1S/C20H29N5O3.C12H18N2O3.C9H10.C3H8.C2H6/c1-14-6-5-11-25(14)17(26)13-23-20(28)18(15-7-3-2-4-8-15)24-19(27)16-12-21-9-10-22-16;1-2-6-13-12(17)11(16)10(14-8-15)7-9-4-3-5-9;1-2-5-9-7-3-6-8(9)4-1;1-3-2;1-2/h9-10,12,14-15,18H,2-8,11,13H2,1H3,(H,23,28)(H,24,27);2,8-10H,1,3-7H2,(H,13,17)(H,14,15);1-2,4-5H,3,6-7H2;3H2,1-2H3;1-2H3. The minimum Gasteiger partial charge on any atom is -0.348 e. The van der Waals surface area contributed by atoms with E-state index in [0.717, 1.165) is 70.8 Å². The topological polar surface area (TPSA) is 180 Å². The quantitative estimate of drug-likeness (QED) is 0.101. The van der Waals surface area contributed by atoms with Gasteiger partial charge in [0.25, 0.3) is 11.8 Å². The van der Waals surface area contributed by atoms with E-state index in [9.17, 15) is 28.8 Å². The molecule has 0 bridgehead atoms. The fourth-order valence-corrected chi connectivity index (χ4v) is 7.49. The first-order valence-electron chi connectivity index (χ1n) is 22.0. The summed E-state index contributed by atoms with van der Waals surface area (Å²) in [6.45, 7) is 14.7. The second kappa shape index (κ2) is 29.3. The molecule has 2 heterocycles. The highest BCUT2D eigenvalue weighted by Gasteiger charge is 2.33. The molecule has 6 rings (SSSR count). The Hall–Kier alpha value is -4.94. The van der Waals surface area contributed by atoms with E-state index < -0.39 is 29.7 Å². The van der Waals surface area contributed by atoms with Gasteiger partial charge < -0.3 is 26.2 Å². The van der Waals surface area contributed by atoms with Crippen molar-refractivity contribution < 1.29 is 28.8 Å². The fraction of sp³-hybridized carbons (Fsp3) is 0.609. The van der Waals surface area contributed by atoms with E-state index >= 15 is 0 Å². The first-order chi connectivity index (χ1) is 28.6. The Morgan fingerprint density at radius 1 is 0.881 bits per heavy atom. The Kier molecular flexibility index (Phi) is 24.9. The van der Waals surface area contributed by atoms with Crippen LogP contribution in [0.15, 0.2) is 55.5 Å². The van der Waals surface area contributed by atoms with E-state index in [0.29, 0.717) is 18.7 Å². The zero-order valence-corrected chi connectivity index (χ0v) is 36.3.